The summed E-state index contributed by atoms with van der Waals surface area (Å²) in [5.41, 5.74) is 1.02. The van der Waals surface area contributed by atoms with Crippen molar-refractivity contribution in [3.8, 4) is 17.2 Å². The molecule has 7 heteroatoms. The predicted octanol–water partition coefficient (Wildman–Crippen LogP) is 4.32. The van der Waals surface area contributed by atoms with Gasteiger partial charge < -0.3 is 24.2 Å². The van der Waals surface area contributed by atoms with Crippen molar-refractivity contribution in [2.24, 2.45) is 0 Å². The first kappa shape index (κ1) is 23.2. The summed E-state index contributed by atoms with van der Waals surface area (Å²) in [7, 11) is 3.02. The number of ketones is 1. The Kier molecular flexibility index (Phi) is 7.41. The van der Waals surface area contributed by atoms with Crippen molar-refractivity contribution in [2.45, 2.75) is 32.7 Å². The minimum Gasteiger partial charge on any atom is -0.507 e. The van der Waals surface area contributed by atoms with E-state index in [1.54, 1.807) is 42.5 Å². The van der Waals surface area contributed by atoms with E-state index in [1.807, 2.05) is 13.8 Å². The predicted molar refractivity (Wildman–Crippen MR) is 121 cm³/mol. The van der Waals surface area contributed by atoms with Gasteiger partial charge in [-0.05, 0) is 43.2 Å². The lowest BCUT2D eigenvalue weighted by atomic mass is 9.94. The number of carbonyl (C=O) groups excluding carboxylic acids is 2. The Balaban J connectivity index is 2.16. The first-order valence-corrected chi connectivity index (χ1v) is 10.7. The van der Waals surface area contributed by atoms with Crippen molar-refractivity contribution in [2.75, 3.05) is 27.4 Å². The number of para-hydroxylation sites is 1. The van der Waals surface area contributed by atoms with Gasteiger partial charge in [0.15, 0.2) is 11.5 Å². The van der Waals surface area contributed by atoms with Crippen LogP contribution in [0.15, 0.2) is 48.0 Å². The third-order valence-electron chi connectivity index (χ3n) is 5.33. The van der Waals surface area contributed by atoms with Gasteiger partial charge in [0.05, 0.1) is 32.4 Å². The molecule has 1 N–H and O–H groups in total. The number of rotatable bonds is 9. The number of benzene rings is 2. The van der Waals surface area contributed by atoms with Crippen molar-refractivity contribution in [3.05, 3.63) is 59.2 Å². The highest BCUT2D eigenvalue weighted by Crippen LogP contribution is 2.45. The second-order valence-electron chi connectivity index (χ2n) is 7.45. The lowest BCUT2D eigenvalue weighted by molar-refractivity contribution is -0.139. The zero-order valence-electron chi connectivity index (χ0n) is 18.9. The van der Waals surface area contributed by atoms with E-state index in [9.17, 15) is 14.7 Å². The fourth-order valence-electron chi connectivity index (χ4n) is 3.89. The molecule has 0 radical (unpaired) electrons. The lowest BCUT2D eigenvalue weighted by Crippen LogP contribution is -2.30. The molecule has 0 aromatic heterocycles. The van der Waals surface area contributed by atoms with Gasteiger partial charge in [-0.3, -0.25) is 9.59 Å². The molecule has 3 rings (SSSR count). The Morgan fingerprint density at radius 3 is 2.31 bits per heavy atom. The van der Waals surface area contributed by atoms with Crippen LogP contribution in [0, 0.1) is 0 Å². The number of aliphatic hydroxyl groups excluding tert-OH is 1. The third kappa shape index (κ3) is 4.28. The standard InChI is InChI=1S/C25H29NO6/c1-5-14-26-21(18-8-7-9-19(30-3)24(18)31-4)20(23(28)25(26)29)22(27)16-10-12-17(13-11-16)32-15-6-2/h7-13,21,27H,5-6,14-15H2,1-4H3/b22-20+. The van der Waals surface area contributed by atoms with Crippen LogP contribution in [0.2, 0.25) is 0 Å². The monoisotopic (exact) mass is 439 g/mol. The lowest BCUT2D eigenvalue weighted by Gasteiger charge is -2.26. The summed E-state index contributed by atoms with van der Waals surface area (Å²) in [6.45, 7) is 4.88. The molecular formula is C25H29NO6. The molecule has 0 saturated carbocycles. The fourth-order valence-corrected chi connectivity index (χ4v) is 3.89. The zero-order chi connectivity index (χ0) is 23.3. The molecule has 0 aliphatic carbocycles. The van der Waals surface area contributed by atoms with Gasteiger partial charge in [0.25, 0.3) is 11.7 Å². The van der Waals surface area contributed by atoms with Crippen LogP contribution >= 0.6 is 0 Å². The van der Waals surface area contributed by atoms with E-state index >= 15 is 0 Å². The van der Waals surface area contributed by atoms with Crippen molar-refractivity contribution < 1.29 is 28.9 Å². The van der Waals surface area contributed by atoms with Crippen molar-refractivity contribution in [1.82, 2.24) is 4.90 Å². The summed E-state index contributed by atoms with van der Waals surface area (Å²) in [5, 5.41) is 11.2. The summed E-state index contributed by atoms with van der Waals surface area (Å²) in [6.07, 6.45) is 1.53. The van der Waals surface area contributed by atoms with E-state index in [1.165, 1.54) is 19.1 Å². The van der Waals surface area contributed by atoms with Crippen molar-refractivity contribution >= 4 is 17.4 Å². The molecule has 32 heavy (non-hydrogen) atoms. The molecule has 1 fully saturated rings. The summed E-state index contributed by atoms with van der Waals surface area (Å²) >= 11 is 0. The molecule has 2 aromatic carbocycles. The summed E-state index contributed by atoms with van der Waals surface area (Å²) in [4.78, 5) is 27.4. The van der Waals surface area contributed by atoms with Crippen LogP contribution in [-0.4, -0.2) is 49.1 Å². The van der Waals surface area contributed by atoms with E-state index in [4.69, 9.17) is 14.2 Å². The average molecular weight is 440 g/mol. The average Bonchev–Trinajstić information content (AvgIpc) is 3.07. The van der Waals surface area contributed by atoms with Crippen molar-refractivity contribution in [1.29, 1.82) is 0 Å². The van der Waals surface area contributed by atoms with E-state index in [2.05, 4.69) is 0 Å². The number of hydrogen-bond acceptors (Lipinski definition) is 6. The Bertz CT molecular complexity index is 1010. The summed E-state index contributed by atoms with van der Waals surface area (Å²) in [5.74, 6) is -0.0512. The molecule has 0 bridgehead atoms. The highest BCUT2D eigenvalue weighted by Gasteiger charge is 2.47. The molecule has 0 spiro atoms. The van der Waals surface area contributed by atoms with Crippen LogP contribution < -0.4 is 14.2 Å². The molecular weight excluding hydrogens is 410 g/mol. The van der Waals surface area contributed by atoms with Gasteiger partial charge in [0, 0.05) is 17.7 Å². The number of methoxy groups -OCH3 is 2. The maximum Gasteiger partial charge on any atom is 0.295 e. The molecule has 1 aliphatic heterocycles. The van der Waals surface area contributed by atoms with Crippen LogP contribution in [0.4, 0.5) is 0 Å². The van der Waals surface area contributed by atoms with Crippen LogP contribution in [0.25, 0.3) is 5.76 Å². The Labute approximate surface area is 188 Å². The Morgan fingerprint density at radius 2 is 1.72 bits per heavy atom. The summed E-state index contributed by atoms with van der Waals surface area (Å²) in [6, 6.07) is 11.3. The smallest absolute Gasteiger partial charge is 0.295 e. The van der Waals surface area contributed by atoms with Gasteiger partial charge in [-0.15, -0.1) is 0 Å². The van der Waals surface area contributed by atoms with Gasteiger partial charge in [-0.25, -0.2) is 0 Å². The molecule has 1 amide bonds. The Hall–Kier alpha value is -3.48. The fraction of sp³-hybridized carbons (Fsp3) is 0.360. The zero-order valence-corrected chi connectivity index (χ0v) is 18.9. The second-order valence-corrected chi connectivity index (χ2v) is 7.45. The number of hydrogen-bond donors (Lipinski definition) is 1. The van der Waals surface area contributed by atoms with Gasteiger partial charge in [-0.1, -0.05) is 26.0 Å². The SMILES string of the molecule is CCCOc1ccc(/C(O)=C2\C(=O)C(=O)N(CCC)C2c2cccc(OC)c2OC)cc1. The number of carbonyl (C=O) groups is 2. The largest absolute Gasteiger partial charge is 0.507 e. The maximum atomic E-state index is 13.0. The number of Topliss-reactive ketones (excluding diaryl/α,β-unsaturated/α-hetero) is 1. The number of nitrogens with zero attached hydrogens (tertiary/aromatic N) is 1. The van der Waals surface area contributed by atoms with Gasteiger partial charge in [-0.2, -0.15) is 0 Å². The third-order valence-corrected chi connectivity index (χ3v) is 5.33. The summed E-state index contributed by atoms with van der Waals surface area (Å²) < 4.78 is 16.6. The molecule has 1 saturated heterocycles. The van der Waals surface area contributed by atoms with Crippen LogP contribution in [0.3, 0.4) is 0 Å². The highest BCUT2D eigenvalue weighted by molar-refractivity contribution is 6.46. The molecule has 1 aliphatic rings. The minimum absolute atomic E-state index is 0.0252. The van der Waals surface area contributed by atoms with E-state index in [0.717, 1.165) is 6.42 Å². The second kappa shape index (κ2) is 10.2. The number of amides is 1. The first-order chi connectivity index (χ1) is 15.5. The highest BCUT2D eigenvalue weighted by atomic mass is 16.5. The van der Waals surface area contributed by atoms with E-state index in [0.29, 0.717) is 47.9 Å². The molecule has 1 unspecified atom stereocenters. The maximum absolute atomic E-state index is 13.0. The Morgan fingerprint density at radius 1 is 1.00 bits per heavy atom. The normalized spacial score (nSPS) is 17.5. The molecule has 2 aromatic rings. The molecule has 170 valence electrons. The first-order valence-electron chi connectivity index (χ1n) is 10.7. The number of aliphatic hydroxyl groups is 1. The van der Waals surface area contributed by atoms with Gasteiger partial charge in [0.1, 0.15) is 11.5 Å². The van der Waals surface area contributed by atoms with Crippen LogP contribution in [0.5, 0.6) is 17.2 Å². The number of ether oxygens (including phenoxy) is 3. The van der Waals surface area contributed by atoms with E-state index < -0.39 is 17.7 Å². The van der Waals surface area contributed by atoms with Gasteiger partial charge in [0.2, 0.25) is 0 Å². The molecule has 1 heterocycles. The quantitative estimate of drug-likeness (QED) is 0.356. The molecule has 1 atom stereocenters. The van der Waals surface area contributed by atoms with E-state index in [-0.39, 0.29) is 11.3 Å². The topological polar surface area (TPSA) is 85.3 Å². The van der Waals surface area contributed by atoms with Crippen LogP contribution in [0.1, 0.15) is 43.9 Å². The minimum atomic E-state index is -0.795. The molecule has 7 nitrogen and oxygen atoms in total. The number of likely N-dealkylation sites (tertiary alicyclic amines) is 1. The van der Waals surface area contributed by atoms with Crippen molar-refractivity contribution in [3.63, 3.8) is 0 Å². The van der Waals surface area contributed by atoms with Gasteiger partial charge >= 0.3 is 0 Å². The van der Waals surface area contributed by atoms with Crippen LogP contribution in [-0.2, 0) is 9.59 Å².